The number of carboxylic acid groups (broad SMARTS) is 1. The molecule has 1 aliphatic heterocycles. The van der Waals surface area contributed by atoms with Crippen LogP contribution in [0.4, 0.5) is 5.69 Å². The zero-order valence-corrected chi connectivity index (χ0v) is 15.0. The van der Waals surface area contributed by atoms with Crippen LogP contribution in [0.2, 0.25) is 5.02 Å². The molecule has 0 aliphatic carbocycles. The van der Waals surface area contributed by atoms with Crippen molar-refractivity contribution in [3.05, 3.63) is 59.1 Å². The zero-order chi connectivity index (χ0) is 18.9. The molecule has 2 N–H and O–H groups in total. The van der Waals surface area contributed by atoms with Crippen LogP contribution in [0.3, 0.4) is 0 Å². The Morgan fingerprint density at radius 1 is 1.15 bits per heavy atom. The number of carbonyl (C=O) groups is 1. The first-order valence-electron chi connectivity index (χ1n) is 7.65. The zero-order valence-electron chi connectivity index (χ0n) is 13.4. The number of rotatable bonds is 5. The average Bonchev–Trinajstić information content (AvgIpc) is 2.98. The lowest BCUT2D eigenvalue weighted by molar-refractivity contribution is -0.137. The van der Waals surface area contributed by atoms with Crippen molar-refractivity contribution in [3.63, 3.8) is 0 Å². The van der Waals surface area contributed by atoms with Crippen molar-refractivity contribution in [1.29, 1.82) is 0 Å². The summed E-state index contributed by atoms with van der Waals surface area (Å²) in [5, 5.41) is 15.9. The van der Waals surface area contributed by atoms with E-state index in [-0.39, 0.29) is 17.2 Å². The third kappa shape index (κ3) is 4.04. The summed E-state index contributed by atoms with van der Waals surface area (Å²) in [6, 6.07) is 12.5. The van der Waals surface area contributed by atoms with Crippen molar-refractivity contribution in [2.75, 3.05) is 11.6 Å². The number of anilines is 1. The highest BCUT2D eigenvalue weighted by atomic mass is 35.5. The predicted molar refractivity (Wildman–Crippen MR) is 97.3 cm³/mol. The van der Waals surface area contributed by atoms with Gasteiger partial charge in [-0.2, -0.15) is 13.5 Å². The molecule has 9 heteroatoms. The Hall–Kier alpha value is -2.42. The summed E-state index contributed by atoms with van der Waals surface area (Å²) in [6.07, 6.45) is -0.0823. The minimum absolute atomic E-state index is 0.0823. The number of carboxylic acids is 1. The first kappa shape index (κ1) is 18.4. The van der Waals surface area contributed by atoms with Crippen LogP contribution in [-0.2, 0) is 14.9 Å². The van der Waals surface area contributed by atoms with E-state index in [0.29, 0.717) is 23.0 Å². The number of halogens is 1. The fourth-order valence-electron chi connectivity index (χ4n) is 2.79. The molecule has 0 saturated carbocycles. The fourth-order valence-corrected chi connectivity index (χ4v) is 3.39. The maximum Gasteiger partial charge on any atom is 0.304 e. The van der Waals surface area contributed by atoms with Gasteiger partial charge in [-0.1, -0.05) is 23.7 Å². The molecule has 0 amide bonds. The van der Waals surface area contributed by atoms with Crippen LogP contribution in [0.1, 0.15) is 12.0 Å². The second kappa shape index (κ2) is 7.06. The lowest BCUT2D eigenvalue weighted by Crippen LogP contribution is -2.22. The molecule has 0 bridgehead atoms. The maximum atomic E-state index is 11.2. The monoisotopic (exact) mass is 394 g/mol. The minimum Gasteiger partial charge on any atom is -0.481 e. The van der Waals surface area contributed by atoms with Gasteiger partial charge in [0.2, 0.25) is 0 Å². The third-order valence-corrected chi connectivity index (χ3v) is 5.12. The molecule has 0 spiro atoms. The Kier molecular flexibility index (Phi) is 4.99. The Morgan fingerprint density at radius 3 is 2.31 bits per heavy atom. The molecule has 2 aromatic carbocycles. The van der Waals surface area contributed by atoms with Crippen molar-refractivity contribution >= 4 is 39.1 Å². The van der Waals surface area contributed by atoms with Crippen LogP contribution in [0.5, 0.6) is 0 Å². The Bertz CT molecular complexity index is 956. The Morgan fingerprint density at radius 2 is 1.77 bits per heavy atom. The van der Waals surface area contributed by atoms with Gasteiger partial charge in [0.05, 0.1) is 29.3 Å². The SMILES string of the molecule is O=C(O)CC1CN(c2ccc(S(=O)(=O)O)cc2)N=C1c1ccc(Cl)cc1. The van der Waals surface area contributed by atoms with Crippen LogP contribution in [0.15, 0.2) is 58.5 Å². The molecule has 0 radical (unpaired) electrons. The topological polar surface area (TPSA) is 107 Å². The van der Waals surface area contributed by atoms with E-state index in [1.807, 2.05) is 0 Å². The number of aliphatic carboxylic acids is 1. The quantitative estimate of drug-likeness (QED) is 0.755. The minimum atomic E-state index is -4.27. The van der Waals surface area contributed by atoms with Gasteiger partial charge in [0.1, 0.15) is 0 Å². The predicted octanol–water partition coefficient (Wildman–Crippen LogP) is 2.90. The van der Waals surface area contributed by atoms with Crippen molar-refractivity contribution in [1.82, 2.24) is 0 Å². The van der Waals surface area contributed by atoms with Gasteiger partial charge in [0.15, 0.2) is 0 Å². The van der Waals surface area contributed by atoms with E-state index in [0.717, 1.165) is 5.56 Å². The van der Waals surface area contributed by atoms with Crippen LogP contribution < -0.4 is 5.01 Å². The Balaban J connectivity index is 1.93. The number of hydrogen-bond acceptors (Lipinski definition) is 5. The second-order valence-electron chi connectivity index (χ2n) is 5.84. The van der Waals surface area contributed by atoms with Crippen molar-refractivity contribution in [2.45, 2.75) is 11.3 Å². The van der Waals surface area contributed by atoms with Gasteiger partial charge in [-0.05, 0) is 42.0 Å². The number of nitrogens with zero attached hydrogens (tertiary/aromatic N) is 2. The van der Waals surface area contributed by atoms with E-state index in [9.17, 15) is 18.3 Å². The summed E-state index contributed by atoms with van der Waals surface area (Å²) >= 11 is 5.90. The average molecular weight is 395 g/mol. The van der Waals surface area contributed by atoms with Crippen LogP contribution in [-0.4, -0.2) is 36.3 Å². The molecule has 1 atom stereocenters. The lowest BCUT2D eigenvalue weighted by Gasteiger charge is -2.15. The summed E-state index contributed by atoms with van der Waals surface area (Å²) in [5.74, 6) is -1.25. The van der Waals surface area contributed by atoms with E-state index < -0.39 is 16.1 Å². The first-order chi connectivity index (χ1) is 12.2. The van der Waals surface area contributed by atoms with Crippen LogP contribution in [0, 0.1) is 5.92 Å². The molecular formula is C17H15ClN2O5S. The van der Waals surface area contributed by atoms with Crippen molar-refractivity contribution < 1.29 is 22.9 Å². The molecule has 0 fully saturated rings. The summed E-state index contributed by atoms with van der Waals surface area (Å²) in [5.41, 5.74) is 2.00. The highest BCUT2D eigenvalue weighted by Crippen LogP contribution is 2.28. The summed E-state index contributed by atoms with van der Waals surface area (Å²) in [7, 11) is -4.27. The van der Waals surface area contributed by atoms with E-state index >= 15 is 0 Å². The van der Waals surface area contributed by atoms with Gasteiger partial charge >= 0.3 is 5.97 Å². The summed E-state index contributed by atoms with van der Waals surface area (Å²) < 4.78 is 31.3. The smallest absolute Gasteiger partial charge is 0.304 e. The molecule has 1 unspecified atom stereocenters. The van der Waals surface area contributed by atoms with Gasteiger partial charge in [0.25, 0.3) is 10.1 Å². The highest BCUT2D eigenvalue weighted by Gasteiger charge is 2.30. The van der Waals surface area contributed by atoms with Crippen molar-refractivity contribution in [3.8, 4) is 0 Å². The molecular weight excluding hydrogens is 380 g/mol. The van der Waals surface area contributed by atoms with Gasteiger partial charge < -0.3 is 5.11 Å². The molecule has 26 heavy (non-hydrogen) atoms. The summed E-state index contributed by atoms with van der Waals surface area (Å²) in [4.78, 5) is 11.0. The Labute approximate surface area is 155 Å². The van der Waals surface area contributed by atoms with Crippen LogP contribution >= 0.6 is 11.6 Å². The number of hydrogen-bond donors (Lipinski definition) is 2. The van der Waals surface area contributed by atoms with Gasteiger partial charge in [-0.3, -0.25) is 14.4 Å². The van der Waals surface area contributed by atoms with E-state index in [4.69, 9.17) is 16.2 Å². The lowest BCUT2D eigenvalue weighted by atomic mass is 9.94. The van der Waals surface area contributed by atoms with E-state index in [1.54, 1.807) is 29.3 Å². The van der Waals surface area contributed by atoms with Crippen LogP contribution in [0.25, 0.3) is 0 Å². The van der Waals surface area contributed by atoms with Gasteiger partial charge in [0, 0.05) is 10.9 Å². The standard InChI is InChI=1S/C17H15ClN2O5S/c18-13-3-1-11(2-4-13)17-12(9-16(21)22)10-20(19-17)14-5-7-15(8-6-14)26(23,24)25/h1-8,12H,9-10H2,(H,21,22)(H,23,24,25). The molecule has 1 heterocycles. The van der Waals surface area contributed by atoms with E-state index in [2.05, 4.69) is 5.10 Å². The summed E-state index contributed by atoms with van der Waals surface area (Å²) in [6.45, 7) is 0.343. The fraction of sp³-hybridized carbons (Fsp3) is 0.176. The maximum absolute atomic E-state index is 11.2. The third-order valence-electron chi connectivity index (χ3n) is 4.00. The normalized spacial score (nSPS) is 17.2. The van der Waals surface area contributed by atoms with Gasteiger partial charge in [-0.25, -0.2) is 0 Å². The number of benzene rings is 2. The molecule has 1 aliphatic rings. The van der Waals surface area contributed by atoms with Gasteiger partial charge in [-0.15, -0.1) is 0 Å². The van der Waals surface area contributed by atoms with Crippen molar-refractivity contribution in [2.24, 2.45) is 11.0 Å². The molecule has 136 valence electrons. The molecule has 2 aromatic rings. The molecule has 7 nitrogen and oxygen atoms in total. The number of hydrazone groups is 1. The second-order valence-corrected chi connectivity index (χ2v) is 7.70. The van der Waals surface area contributed by atoms with E-state index in [1.165, 1.54) is 24.3 Å². The first-order valence-corrected chi connectivity index (χ1v) is 9.47. The molecule has 3 rings (SSSR count). The highest BCUT2D eigenvalue weighted by molar-refractivity contribution is 7.85. The molecule has 0 aromatic heterocycles. The largest absolute Gasteiger partial charge is 0.481 e. The molecule has 0 saturated heterocycles.